The van der Waals surface area contributed by atoms with E-state index in [0.29, 0.717) is 0 Å². The lowest BCUT2D eigenvalue weighted by molar-refractivity contribution is 0.946. The topological polar surface area (TPSA) is 12.0 Å². The van der Waals surface area contributed by atoms with Gasteiger partial charge in [-0.05, 0) is 37.5 Å². The van der Waals surface area contributed by atoms with Crippen LogP contribution in [0.3, 0.4) is 0 Å². The molecule has 0 atom stereocenters. The highest BCUT2D eigenvalue weighted by Gasteiger charge is 1.92. The quantitative estimate of drug-likeness (QED) is 0.648. The van der Waals surface area contributed by atoms with Gasteiger partial charge >= 0.3 is 0 Å². The molecule has 0 saturated heterocycles. The molecular formula is C14H21N. The summed E-state index contributed by atoms with van der Waals surface area (Å²) in [6.07, 6.45) is 9.93. The molecule has 0 fully saturated rings. The minimum Gasteiger partial charge on any atom is -0.386 e. The lowest BCUT2D eigenvalue weighted by Crippen LogP contribution is -2.09. The van der Waals surface area contributed by atoms with Crippen LogP contribution < -0.4 is 5.32 Å². The molecule has 15 heavy (non-hydrogen) atoms. The summed E-state index contributed by atoms with van der Waals surface area (Å²) in [5.74, 6) is 0. The summed E-state index contributed by atoms with van der Waals surface area (Å²) in [4.78, 5) is 0. The molecule has 82 valence electrons. The first kappa shape index (κ1) is 13.5. The molecule has 0 heterocycles. The predicted octanol–water partition coefficient (Wildman–Crippen LogP) is 3.74. The van der Waals surface area contributed by atoms with Crippen molar-refractivity contribution < 1.29 is 0 Å². The minimum absolute atomic E-state index is 0.800. The smallest absolute Gasteiger partial charge is 0.0392 e. The van der Waals surface area contributed by atoms with Crippen LogP contribution in [0.2, 0.25) is 0 Å². The van der Waals surface area contributed by atoms with E-state index in [0.717, 1.165) is 17.7 Å². The third-order valence-corrected chi connectivity index (χ3v) is 2.04. The summed E-state index contributed by atoms with van der Waals surface area (Å²) in [5, 5.41) is 3.24. The van der Waals surface area contributed by atoms with Gasteiger partial charge < -0.3 is 5.32 Å². The number of rotatable bonds is 6. The maximum atomic E-state index is 3.92. The van der Waals surface area contributed by atoms with Crippen molar-refractivity contribution in [3.63, 3.8) is 0 Å². The van der Waals surface area contributed by atoms with E-state index >= 15 is 0 Å². The largest absolute Gasteiger partial charge is 0.386 e. The minimum atomic E-state index is 0.800. The molecule has 0 unspecified atom stereocenters. The Labute approximate surface area is 93.6 Å². The van der Waals surface area contributed by atoms with Gasteiger partial charge in [0, 0.05) is 12.7 Å². The van der Waals surface area contributed by atoms with Gasteiger partial charge in [0.1, 0.15) is 0 Å². The summed E-state index contributed by atoms with van der Waals surface area (Å²) in [6.45, 7) is 14.5. The van der Waals surface area contributed by atoms with Crippen LogP contribution in [0.5, 0.6) is 0 Å². The van der Waals surface area contributed by atoms with Gasteiger partial charge in [0.05, 0.1) is 0 Å². The Balaban J connectivity index is 4.35. The van der Waals surface area contributed by atoms with E-state index in [1.807, 2.05) is 51.3 Å². The van der Waals surface area contributed by atoms with Crippen molar-refractivity contribution >= 4 is 0 Å². The van der Waals surface area contributed by atoms with E-state index in [1.54, 1.807) is 0 Å². The number of hydrogen-bond donors (Lipinski definition) is 1. The fourth-order valence-corrected chi connectivity index (χ4v) is 1.06. The molecule has 0 aromatic heterocycles. The van der Waals surface area contributed by atoms with E-state index in [1.165, 1.54) is 5.57 Å². The Morgan fingerprint density at radius 3 is 2.40 bits per heavy atom. The van der Waals surface area contributed by atoms with Crippen LogP contribution >= 0.6 is 0 Å². The Morgan fingerprint density at radius 1 is 1.33 bits per heavy atom. The number of hydrogen-bond acceptors (Lipinski definition) is 1. The standard InChI is InChI=1S/C14H21N/c1-6-9-14(12(4)5)11-15-10-13(7-2)8-3/h6-9,11,15H,2,4,10H2,1,3,5H3/b9-6-,13-8+,14-11+. The molecule has 0 rings (SSSR count). The van der Waals surface area contributed by atoms with Gasteiger partial charge in [-0.15, -0.1) is 0 Å². The maximum absolute atomic E-state index is 3.92. The summed E-state index contributed by atoms with van der Waals surface area (Å²) in [6, 6.07) is 0. The van der Waals surface area contributed by atoms with Gasteiger partial charge in [0.25, 0.3) is 0 Å². The molecule has 1 heteroatoms. The van der Waals surface area contributed by atoms with Gasteiger partial charge in [-0.3, -0.25) is 0 Å². The number of allylic oxidation sites excluding steroid dienone is 5. The molecule has 0 aromatic rings. The van der Waals surface area contributed by atoms with Gasteiger partial charge in [0.15, 0.2) is 0 Å². The molecule has 0 aliphatic carbocycles. The average molecular weight is 203 g/mol. The Hall–Kier alpha value is -1.50. The van der Waals surface area contributed by atoms with Crippen molar-refractivity contribution in [2.24, 2.45) is 0 Å². The molecule has 1 nitrogen and oxygen atoms in total. The van der Waals surface area contributed by atoms with Gasteiger partial charge in [-0.1, -0.05) is 37.5 Å². The predicted molar refractivity (Wildman–Crippen MR) is 69.7 cm³/mol. The first-order valence-corrected chi connectivity index (χ1v) is 5.15. The highest BCUT2D eigenvalue weighted by atomic mass is 14.8. The first-order valence-electron chi connectivity index (χ1n) is 5.15. The maximum Gasteiger partial charge on any atom is 0.0392 e. The lowest BCUT2D eigenvalue weighted by atomic mass is 10.1. The fourth-order valence-electron chi connectivity index (χ4n) is 1.06. The molecule has 0 spiro atoms. The second kappa shape index (κ2) is 7.86. The van der Waals surface area contributed by atoms with Gasteiger partial charge in [-0.25, -0.2) is 0 Å². The van der Waals surface area contributed by atoms with Crippen molar-refractivity contribution in [3.8, 4) is 0 Å². The van der Waals surface area contributed by atoms with Gasteiger partial charge in [0.2, 0.25) is 0 Å². The molecule has 0 bridgehead atoms. The molecule has 0 radical (unpaired) electrons. The third kappa shape index (κ3) is 5.74. The Kier molecular flexibility index (Phi) is 7.08. The van der Waals surface area contributed by atoms with Crippen LogP contribution in [-0.2, 0) is 0 Å². The van der Waals surface area contributed by atoms with Crippen LogP contribution in [0, 0.1) is 0 Å². The van der Waals surface area contributed by atoms with Crippen molar-refractivity contribution in [2.75, 3.05) is 6.54 Å². The van der Waals surface area contributed by atoms with Crippen LogP contribution in [0.25, 0.3) is 0 Å². The van der Waals surface area contributed by atoms with Gasteiger partial charge in [-0.2, -0.15) is 0 Å². The molecular weight excluding hydrogens is 182 g/mol. The average Bonchev–Trinajstić information content (AvgIpc) is 2.22. The van der Waals surface area contributed by atoms with E-state index in [-0.39, 0.29) is 0 Å². The Bertz CT molecular complexity index is 303. The molecule has 0 aliphatic rings. The van der Waals surface area contributed by atoms with Crippen LogP contribution in [-0.4, -0.2) is 6.54 Å². The van der Waals surface area contributed by atoms with E-state index < -0.39 is 0 Å². The van der Waals surface area contributed by atoms with Crippen molar-refractivity contribution in [1.82, 2.24) is 5.32 Å². The fraction of sp³-hybridized carbons (Fsp3) is 0.286. The SMILES string of the molecule is C=C/C(=C\C)CN/C=C(\C=C/C)C(=C)C. The normalized spacial score (nSPS) is 13.0. The highest BCUT2D eigenvalue weighted by Crippen LogP contribution is 2.07. The monoisotopic (exact) mass is 203 g/mol. The molecule has 0 aliphatic heterocycles. The van der Waals surface area contributed by atoms with Crippen molar-refractivity contribution in [3.05, 3.63) is 60.4 Å². The van der Waals surface area contributed by atoms with E-state index in [4.69, 9.17) is 0 Å². The lowest BCUT2D eigenvalue weighted by Gasteiger charge is -2.04. The highest BCUT2D eigenvalue weighted by molar-refractivity contribution is 5.36. The molecule has 0 aromatic carbocycles. The van der Waals surface area contributed by atoms with E-state index in [9.17, 15) is 0 Å². The zero-order valence-corrected chi connectivity index (χ0v) is 10.0. The van der Waals surface area contributed by atoms with Crippen LogP contribution in [0.15, 0.2) is 60.4 Å². The molecule has 1 N–H and O–H groups in total. The summed E-state index contributed by atoms with van der Waals surface area (Å²) < 4.78 is 0. The summed E-state index contributed by atoms with van der Waals surface area (Å²) in [5.41, 5.74) is 3.37. The number of nitrogens with one attached hydrogen (secondary N) is 1. The van der Waals surface area contributed by atoms with Crippen LogP contribution in [0.1, 0.15) is 20.8 Å². The second-order valence-electron chi connectivity index (χ2n) is 3.33. The second-order valence-corrected chi connectivity index (χ2v) is 3.33. The molecule has 0 amide bonds. The Morgan fingerprint density at radius 2 is 2.00 bits per heavy atom. The zero-order chi connectivity index (χ0) is 11.7. The van der Waals surface area contributed by atoms with E-state index in [2.05, 4.69) is 18.5 Å². The summed E-state index contributed by atoms with van der Waals surface area (Å²) >= 11 is 0. The molecule has 0 saturated carbocycles. The zero-order valence-electron chi connectivity index (χ0n) is 10.0. The van der Waals surface area contributed by atoms with Crippen molar-refractivity contribution in [2.45, 2.75) is 20.8 Å². The summed E-state index contributed by atoms with van der Waals surface area (Å²) in [7, 11) is 0. The first-order chi connectivity index (χ1) is 7.15. The third-order valence-electron chi connectivity index (χ3n) is 2.04. The van der Waals surface area contributed by atoms with Crippen molar-refractivity contribution in [1.29, 1.82) is 0 Å². The van der Waals surface area contributed by atoms with Crippen LogP contribution in [0.4, 0.5) is 0 Å².